The maximum Gasteiger partial charge on any atom is 0.339 e. The van der Waals surface area contributed by atoms with E-state index >= 15 is 0 Å². The van der Waals surface area contributed by atoms with E-state index in [0.29, 0.717) is 23.5 Å². The zero-order chi connectivity index (χ0) is 20.2. The summed E-state index contributed by atoms with van der Waals surface area (Å²) >= 11 is 0. The number of aromatic carboxylic acids is 1. The highest BCUT2D eigenvalue weighted by atomic mass is 16.4. The average Bonchev–Trinajstić information content (AvgIpc) is 2.93. The van der Waals surface area contributed by atoms with Crippen molar-refractivity contribution in [3.8, 4) is 5.69 Å². The SMILES string of the molecule is Cc1c(C(=O)O)cnn1-c1cccc(NC(=O)CNC(=O)CC(C)(C)C)c1. The number of carbonyl (C=O) groups is 3. The molecule has 0 atom stereocenters. The van der Waals surface area contributed by atoms with E-state index in [1.54, 1.807) is 31.2 Å². The van der Waals surface area contributed by atoms with Crippen molar-refractivity contribution in [1.29, 1.82) is 0 Å². The van der Waals surface area contributed by atoms with Crippen molar-refractivity contribution in [2.24, 2.45) is 5.41 Å². The molecule has 0 saturated carbocycles. The van der Waals surface area contributed by atoms with Crippen molar-refractivity contribution in [1.82, 2.24) is 15.1 Å². The number of hydrogen-bond acceptors (Lipinski definition) is 4. The molecule has 8 heteroatoms. The number of nitrogens with zero attached hydrogens (tertiary/aromatic N) is 2. The fourth-order valence-corrected chi connectivity index (χ4v) is 2.52. The molecule has 3 N–H and O–H groups in total. The molecule has 144 valence electrons. The lowest BCUT2D eigenvalue weighted by molar-refractivity contribution is -0.125. The first-order valence-corrected chi connectivity index (χ1v) is 8.52. The number of carbonyl (C=O) groups excluding carboxylic acids is 2. The van der Waals surface area contributed by atoms with Crippen LogP contribution in [-0.4, -0.2) is 39.2 Å². The van der Waals surface area contributed by atoms with E-state index in [9.17, 15) is 14.4 Å². The van der Waals surface area contributed by atoms with Gasteiger partial charge in [-0.3, -0.25) is 9.59 Å². The van der Waals surface area contributed by atoms with E-state index in [4.69, 9.17) is 5.11 Å². The smallest absolute Gasteiger partial charge is 0.339 e. The molecule has 0 spiro atoms. The van der Waals surface area contributed by atoms with E-state index in [2.05, 4.69) is 15.7 Å². The van der Waals surface area contributed by atoms with Crippen molar-refractivity contribution in [3.05, 3.63) is 41.7 Å². The first-order chi connectivity index (χ1) is 12.6. The summed E-state index contributed by atoms with van der Waals surface area (Å²) in [5.41, 5.74) is 1.60. The van der Waals surface area contributed by atoms with Crippen LogP contribution < -0.4 is 10.6 Å². The number of carboxylic acids is 1. The van der Waals surface area contributed by atoms with Crippen molar-refractivity contribution < 1.29 is 19.5 Å². The number of nitrogens with one attached hydrogen (secondary N) is 2. The number of hydrogen-bond donors (Lipinski definition) is 3. The van der Waals surface area contributed by atoms with Crippen molar-refractivity contribution in [3.63, 3.8) is 0 Å². The molecule has 2 amide bonds. The Kier molecular flexibility index (Phi) is 5.99. The minimum Gasteiger partial charge on any atom is -0.478 e. The Balaban J connectivity index is 2.02. The Morgan fingerprint density at radius 1 is 1.19 bits per heavy atom. The highest BCUT2D eigenvalue weighted by molar-refractivity contribution is 5.94. The minimum absolute atomic E-state index is 0.117. The lowest BCUT2D eigenvalue weighted by atomic mass is 9.92. The zero-order valence-corrected chi connectivity index (χ0v) is 15.9. The Morgan fingerprint density at radius 2 is 1.89 bits per heavy atom. The van der Waals surface area contributed by atoms with Crippen LogP contribution in [0.1, 0.15) is 43.2 Å². The molecule has 1 aromatic carbocycles. The summed E-state index contributed by atoms with van der Waals surface area (Å²) in [5.74, 6) is -1.58. The van der Waals surface area contributed by atoms with Gasteiger partial charge in [0.1, 0.15) is 5.56 Å². The van der Waals surface area contributed by atoms with Gasteiger partial charge in [-0.15, -0.1) is 0 Å². The van der Waals surface area contributed by atoms with Crippen LogP contribution in [0.15, 0.2) is 30.5 Å². The van der Waals surface area contributed by atoms with E-state index in [0.717, 1.165) is 0 Å². The second-order valence-corrected chi connectivity index (χ2v) is 7.47. The van der Waals surface area contributed by atoms with Gasteiger partial charge < -0.3 is 15.7 Å². The summed E-state index contributed by atoms with van der Waals surface area (Å²) in [6.07, 6.45) is 1.62. The summed E-state index contributed by atoms with van der Waals surface area (Å²) in [4.78, 5) is 35.0. The molecule has 0 radical (unpaired) electrons. The molecule has 0 fully saturated rings. The van der Waals surface area contributed by atoms with Gasteiger partial charge in [0.2, 0.25) is 11.8 Å². The van der Waals surface area contributed by atoms with E-state index in [1.807, 2.05) is 20.8 Å². The van der Waals surface area contributed by atoms with Gasteiger partial charge in [0, 0.05) is 12.1 Å². The van der Waals surface area contributed by atoms with Crippen LogP contribution in [0, 0.1) is 12.3 Å². The molecule has 0 aliphatic carbocycles. The minimum atomic E-state index is -1.05. The van der Waals surface area contributed by atoms with E-state index in [1.165, 1.54) is 10.9 Å². The third-order valence-electron chi connectivity index (χ3n) is 3.75. The molecule has 1 aromatic heterocycles. The Bertz CT molecular complexity index is 865. The van der Waals surface area contributed by atoms with Crippen LogP contribution in [-0.2, 0) is 9.59 Å². The van der Waals surface area contributed by atoms with Crippen LogP contribution in [0.2, 0.25) is 0 Å². The topological polar surface area (TPSA) is 113 Å². The number of anilines is 1. The third-order valence-corrected chi connectivity index (χ3v) is 3.75. The highest BCUT2D eigenvalue weighted by Gasteiger charge is 2.17. The van der Waals surface area contributed by atoms with Crippen molar-refractivity contribution >= 4 is 23.5 Å². The standard InChI is InChI=1S/C19H24N4O4/c1-12-15(18(26)27)10-21-23(12)14-7-5-6-13(8-14)22-17(25)11-20-16(24)9-19(2,3)4/h5-8,10H,9,11H2,1-4H3,(H,20,24)(H,22,25)(H,26,27). The van der Waals surface area contributed by atoms with Gasteiger partial charge in [0.25, 0.3) is 0 Å². The predicted octanol–water partition coefficient (Wildman–Crippen LogP) is 2.37. The molecule has 1 heterocycles. The maximum atomic E-state index is 12.1. The normalized spacial score (nSPS) is 11.1. The van der Waals surface area contributed by atoms with Crippen molar-refractivity contribution in [2.45, 2.75) is 34.1 Å². The Labute approximate surface area is 157 Å². The van der Waals surface area contributed by atoms with Gasteiger partial charge in [-0.1, -0.05) is 26.8 Å². The van der Waals surface area contributed by atoms with Crippen LogP contribution >= 0.6 is 0 Å². The molecular weight excluding hydrogens is 348 g/mol. The lowest BCUT2D eigenvalue weighted by Crippen LogP contribution is -2.34. The molecule has 2 aromatic rings. The van der Waals surface area contributed by atoms with Gasteiger partial charge in [-0.25, -0.2) is 9.48 Å². The molecule has 0 aliphatic rings. The average molecular weight is 372 g/mol. The van der Waals surface area contributed by atoms with Crippen LogP contribution in [0.3, 0.4) is 0 Å². The molecule has 0 unspecified atom stereocenters. The molecule has 0 saturated heterocycles. The third kappa shape index (κ3) is 5.67. The summed E-state index contributed by atoms with van der Waals surface area (Å²) in [6.45, 7) is 7.39. The van der Waals surface area contributed by atoms with Gasteiger partial charge in [-0.05, 0) is 30.5 Å². The Hall–Kier alpha value is -3.16. The quantitative estimate of drug-likeness (QED) is 0.720. The number of carboxylic acid groups (broad SMARTS) is 1. The second-order valence-electron chi connectivity index (χ2n) is 7.47. The highest BCUT2D eigenvalue weighted by Crippen LogP contribution is 2.19. The number of benzene rings is 1. The van der Waals surface area contributed by atoms with Gasteiger partial charge >= 0.3 is 5.97 Å². The van der Waals surface area contributed by atoms with Crippen LogP contribution in [0.5, 0.6) is 0 Å². The summed E-state index contributed by atoms with van der Waals surface area (Å²) in [5, 5.41) is 18.5. The zero-order valence-electron chi connectivity index (χ0n) is 15.9. The van der Waals surface area contributed by atoms with Crippen LogP contribution in [0.4, 0.5) is 5.69 Å². The van der Waals surface area contributed by atoms with E-state index in [-0.39, 0.29) is 29.3 Å². The summed E-state index contributed by atoms with van der Waals surface area (Å²) in [7, 11) is 0. The summed E-state index contributed by atoms with van der Waals surface area (Å²) in [6, 6.07) is 6.87. The molecule has 0 aliphatic heterocycles. The van der Waals surface area contributed by atoms with Crippen molar-refractivity contribution in [2.75, 3.05) is 11.9 Å². The first-order valence-electron chi connectivity index (χ1n) is 8.52. The molecule has 0 bridgehead atoms. The van der Waals surface area contributed by atoms with Gasteiger partial charge in [-0.2, -0.15) is 5.10 Å². The molecule has 27 heavy (non-hydrogen) atoms. The lowest BCUT2D eigenvalue weighted by Gasteiger charge is -2.17. The maximum absolute atomic E-state index is 12.1. The second kappa shape index (κ2) is 8.03. The van der Waals surface area contributed by atoms with E-state index < -0.39 is 5.97 Å². The fourth-order valence-electron chi connectivity index (χ4n) is 2.52. The van der Waals surface area contributed by atoms with Gasteiger partial charge in [0.15, 0.2) is 0 Å². The monoisotopic (exact) mass is 372 g/mol. The summed E-state index contributed by atoms with van der Waals surface area (Å²) < 4.78 is 1.49. The van der Waals surface area contributed by atoms with Gasteiger partial charge in [0.05, 0.1) is 24.1 Å². The first kappa shape index (κ1) is 20.2. The predicted molar refractivity (Wildman–Crippen MR) is 101 cm³/mol. The van der Waals surface area contributed by atoms with Crippen LogP contribution in [0.25, 0.3) is 5.69 Å². The number of aromatic nitrogens is 2. The Morgan fingerprint density at radius 3 is 2.48 bits per heavy atom. The number of amides is 2. The molecule has 8 nitrogen and oxygen atoms in total. The number of rotatable bonds is 6. The largest absolute Gasteiger partial charge is 0.478 e. The fraction of sp³-hybridized carbons (Fsp3) is 0.368. The molecular formula is C19H24N4O4. The molecule has 2 rings (SSSR count).